The van der Waals surface area contributed by atoms with Gasteiger partial charge in [-0.1, -0.05) is 35.9 Å². The highest BCUT2D eigenvalue weighted by Crippen LogP contribution is 2.45. The monoisotopic (exact) mass is 253 g/mol. The molecule has 0 bridgehead atoms. The molecule has 0 aliphatic carbocycles. The maximum atomic E-state index is 2.51. The molecular formula is C16H15NS. The standard InChI is InChI=1S/C16H15NS/c1-11-6-7-16-13(8-11)10-14-9-12-4-2-3-5-15(12)17(14)18-16/h2-8,14H,9-10H2,1H3/t14-/m0/s1. The van der Waals surface area contributed by atoms with E-state index in [1.807, 2.05) is 11.9 Å². The fraction of sp³-hybridized carbons (Fsp3) is 0.250. The number of rotatable bonds is 0. The first-order chi connectivity index (χ1) is 8.81. The van der Waals surface area contributed by atoms with Crippen LogP contribution in [0.15, 0.2) is 47.4 Å². The van der Waals surface area contributed by atoms with Crippen molar-refractivity contribution in [1.29, 1.82) is 0 Å². The van der Waals surface area contributed by atoms with Crippen LogP contribution < -0.4 is 4.31 Å². The third-order valence-corrected chi connectivity index (χ3v) is 5.17. The van der Waals surface area contributed by atoms with Crippen LogP contribution in [0.4, 0.5) is 5.69 Å². The van der Waals surface area contributed by atoms with E-state index >= 15 is 0 Å². The van der Waals surface area contributed by atoms with Crippen LogP contribution in [0.2, 0.25) is 0 Å². The van der Waals surface area contributed by atoms with E-state index in [1.54, 1.807) is 0 Å². The molecule has 0 saturated carbocycles. The van der Waals surface area contributed by atoms with Gasteiger partial charge in [0.25, 0.3) is 0 Å². The number of aryl methyl sites for hydroxylation is 1. The van der Waals surface area contributed by atoms with Crippen LogP contribution >= 0.6 is 11.9 Å². The van der Waals surface area contributed by atoms with Crippen molar-refractivity contribution >= 4 is 17.6 Å². The Balaban J connectivity index is 1.77. The average molecular weight is 253 g/mol. The van der Waals surface area contributed by atoms with E-state index in [2.05, 4.69) is 53.7 Å². The molecular weight excluding hydrogens is 238 g/mol. The van der Waals surface area contributed by atoms with Gasteiger partial charge in [0, 0.05) is 10.9 Å². The predicted molar refractivity (Wildman–Crippen MR) is 77.2 cm³/mol. The Hall–Kier alpha value is -1.41. The Morgan fingerprint density at radius 1 is 1.06 bits per heavy atom. The van der Waals surface area contributed by atoms with Gasteiger partial charge in [-0.25, -0.2) is 0 Å². The van der Waals surface area contributed by atoms with Gasteiger partial charge < -0.3 is 4.31 Å². The number of nitrogens with zero attached hydrogens (tertiary/aromatic N) is 1. The lowest BCUT2D eigenvalue weighted by molar-refractivity contribution is 0.690. The summed E-state index contributed by atoms with van der Waals surface area (Å²) in [4.78, 5) is 1.42. The molecule has 2 heterocycles. The first kappa shape index (κ1) is 10.5. The van der Waals surface area contributed by atoms with Crippen LogP contribution in [0, 0.1) is 6.92 Å². The molecule has 0 saturated heterocycles. The fourth-order valence-corrected chi connectivity index (χ4v) is 4.20. The normalized spacial score (nSPS) is 20.3. The number of para-hydroxylation sites is 1. The average Bonchev–Trinajstić information content (AvgIpc) is 2.73. The summed E-state index contributed by atoms with van der Waals surface area (Å²) in [5.41, 5.74) is 5.81. The Bertz CT molecular complexity index is 620. The van der Waals surface area contributed by atoms with E-state index in [0.29, 0.717) is 6.04 Å². The van der Waals surface area contributed by atoms with Crippen LogP contribution in [-0.2, 0) is 12.8 Å². The molecule has 1 nitrogen and oxygen atoms in total. The van der Waals surface area contributed by atoms with Gasteiger partial charge in [0.15, 0.2) is 0 Å². The molecule has 4 rings (SSSR count). The second kappa shape index (κ2) is 3.79. The topological polar surface area (TPSA) is 3.24 Å². The summed E-state index contributed by atoms with van der Waals surface area (Å²) < 4.78 is 2.51. The van der Waals surface area contributed by atoms with Gasteiger partial charge in [-0.2, -0.15) is 0 Å². The van der Waals surface area contributed by atoms with Gasteiger partial charge in [-0.05, 0) is 55.0 Å². The van der Waals surface area contributed by atoms with Gasteiger partial charge in [0.2, 0.25) is 0 Å². The fourth-order valence-electron chi connectivity index (χ4n) is 3.03. The van der Waals surface area contributed by atoms with Crippen LogP contribution in [0.3, 0.4) is 0 Å². The number of anilines is 1. The van der Waals surface area contributed by atoms with Gasteiger partial charge in [0.05, 0.1) is 5.69 Å². The van der Waals surface area contributed by atoms with Crippen LogP contribution in [-0.4, -0.2) is 6.04 Å². The third kappa shape index (κ3) is 1.49. The number of benzene rings is 2. The Labute approximate surface area is 112 Å². The molecule has 0 amide bonds. The van der Waals surface area contributed by atoms with E-state index in [9.17, 15) is 0 Å². The summed E-state index contributed by atoms with van der Waals surface area (Å²) in [5.74, 6) is 0. The minimum absolute atomic E-state index is 0.640. The third-order valence-electron chi connectivity index (χ3n) is 3.88. The van der Waals surface area contributed by atoms with E-state index in [-0.39, 0.29) is 0 Å². The SMILES string of the molecule is Cc1ccc2c(c1)C[C@@H]1Cc3ccccc3N1S2. The molecule has 2 aliphatic heterocycles. The van der Waals surface area contributed by atoms with E-state index in [1.165, 1.54) is 40.1 Å². The maximum Gasteiger partial charge on any atom is 0.0509 e. The lowest BCUT2D eigenvalue weighted by Gasteiger charge is -2.32. The van der Waals surface area contributed by atoms with Crippen molar-refractivity contribution in [2.75, 3.05) is 4.31 Å². The largest absolute Gasteiger partial charge is 0.308 e. The van der Waals surface area contributed by atoms with Gasteiger partial charge >= 0.3 is 0 Å². The second-order valence-corrected chi connectivity index (χ2v) is 6.23. The summed E-state index contributed by atoms with van der Waals surface area (Å²) in [5, 5.41) is 0. The van der Waals surface area contributed by atoms with Crippen molar-refractivity contribution in [1.82, 2.24) is 0 Å². The smallest absolute Gasteiger partial charge is 0.0509 e. The molecule has 2 aromatic carbocycles. The molecule has 2 heteroatoms. The van der Waals surface area contributed by atoms with Gasteiger partial charge in [-0.3, -0.25) is 0 Å². The molecule has 0 unspecified atom stereocenters. The van der Waals surface area contributed by atoms with Crippen molar-refractivity contribution in [3.63, 3.8) is 0 Å². The van der Waals surface area contributed by atoms with E-state index < -0.39 is 0 Å². The zero-order valence-corrected chi connectivity index (χ0v) is 11.2. The number of fused-ring (bicyclic) bond motifs is 4. The lowest BCUT2D eigenvalue weighted by atomic mass is 10.0. The molecule has 2 aromatic rings. The molecule has 0 fully saturated rings. The van der Waals surface area contributed by atoms with Crippen molar-refractivity contribution in [2.45, 2.75) is 30.7 Å². The molecule has 1 atom stereocenters. The molecule has 0 spiro atoms. The van der Waals surface area contributed by atoms with Gasteiger partial charge in [0.1, 0.15) is 0 Å². The summed E-state index contributed by atoms with van der Waals surface area (Å²) >= 11 is 1.91. The first-order valence-electron chi connectivity index (χ1n) is 6.46. The predicted octanol–water partition coefficient (Wildman–Crippen LogP) is 3.99. The Kier molecular flexibility index (Phi) is 2.21. The highest BCUT2D eigenvalue weighted by molar-refractivity contribution is 8.00. The van der Waals surface area contributed by atoms with Gasteiger partial charge in [-0.15, -0.1) is 0 Å². The van der Waals surface area contributed by atoms with Crippen molar-refractivity contribution in [2.24, 2.45) is 0 Å². The van der Waals surface area contributed by atoms with Crippen molar-refractivity contribution < 1.29 is 0 Å². The van der Waals surface area contributed by atoms with Crippen LogP contribution in [0.25, 0.3) is 0 Å². The quantitative estimate of drug-likeness (QED) is 0.653. The molecule has 18 heavy (non-hydrogen) atoms. The van der Waals surface area contributed by atoms with E-state index in [4.69, 9.17) is 0 Å². The molecule has 90 valence electrons. The Morgan fingerprint density at radius 3 is 2.83 bits per heavy atom. The van der Waals surface area contributed by atoms with Crippen LogP contribution in [0.1, 0.15) is 16.7 Å². The second-order valence-electron chi connectivity index (χ2n) is 5.22. The molecule has 2 aliphatic rings. The summed E-state index contributed by atoms with van der Waals surface area (Å²) in [6, 6.07) is 16.3. The first-order valence-corrected chi connectivity index (χ1v) is 7.23. The highest BCUT2D eigenvalue weighted by atomic mass is 32.2. The number of hydrogen-bond donors (Lipinski definition) is 0. The molecule has 0 N–H and O–H groups in total. The highest BCUT2D eigenvalue weighted by Gasteiger charge is 2.34. The maximum absolute atomic E-state index is 2.51. The zero-order valence-electron chi connectivity index (χ0n) is 10.4. The number of hydrogen-bond acceptors (Lipinski definition) is 2. The lowest BCUT2D eigenvalue weighted by Crippen LogP contribution is -2.31. The minimum Gasteiger partial charge on any atom is -0.308 e. The van der Waals surface area contributed by atoms with Crippen molar-refractivity contribution in [3.05, 3.63) is 59.2 Å². The Morgan fingerprint density at radius 2 is 1.89 bits per heavy atom. The van der Waals surface area contributed by atoms with Crippen molar-refractivity contribution in [3.8, 4) is 0 Å². The molecule has 0 aromatic heterocycles. The summed E-state index contributed by atoms with van der Waals surface area (Å²) in [6.07, 6.45) is 2.37. The zero-order chi connectivity index (χ0) is 12.1. The molecule has 0 radical (unpaired) electrons. The summed E-state index contributed by atoms with van der Waals surface area (Å²) in [7, 11) is 0. The van der Waals surface area contributed by atoms with E-state index in [0.717, 1.165) is 0 Å². The van der Waals surface area contributed by atoms with Crippen LogP contribution in [0.5, 0.6) is 0 Å². The minimum atomic E-state index is 0.640. The summed E-state index contributed by atoms with van der Waals surface area (Å²) in [6.45, 7) is 2.18.